The zero-order valence-corrected chi connectivity index (χ0v) is 20.2. The fourth-order valence-electron chi connectivity index (χ4n) is 4.07. The number of hydrogen-bond donors (Lipinski definition) is 0. The summed E-state index contributed by atoms with van der Waals surface area (Å²) in [5.41, 5.74) is 3.17. The quantitative estimate of drug-likeness (QED) is 0.254. The molecule has 5 nitrogen and oxygen atoms in total. The Bertz CT molecular complexity index is 1620. The lowest BCUT2D eigenvalue weighted by atomic mass is 9.94. The van der Waals surface area contributed by atoms with Crippen molar-refractivity contribution in [3.63, 3.8) is 0 Å². The first-order valence-electron chi connectivity index (χ1n) is 10.8. The maximum Gasteiger partial charge on any atom is 0.416 e. The van der Waals surface area contributed by atoms with Crippen LogP contribution in [-0.2, 0) is 12.7 Å². The van der Waals surface area contributed by atoms with E-state index in [0.29, 0.717) is 32.5 Å². The number of rotatable bonds is 4. The third kappa shape index (κ3) is 4.50. The Labute approximate surface area is 213 Å². The molecular formula is C26H17Cl2F3N4O. The summed E-state index contributed by atoms with van der Waals surface area (Å²) in [6.45, 7) is 1.78. The Morgan fingerprint density at radius 1 is 0.778 bits per heavy atom. The molecule has 0 saturated carbocycles. The van der Waals surface area contributed by atoms with E-state index in [4.69, 9.17) is 23.2 Å². The molecule has 0 radical (unpaired) electrons. The van der Waals surface area contributed by atoms with Gasteiger partial charge in [0.05, 0.1) is 17.8 Å². The van der Waals surface area contributed by atoms with Gasteiger partial charge in [0.25, 0.3) is 0 Å². The van der Waals surface area contributed by atoms with Crippen molar-refractivity contribution in [1.82, 2.24) is 19.4 Å². The van der Waals surface area contributed by atoms with Crippen molar-refractivity contribution in [3.8, 4) is 22.3 Å². The van der Waals surface area contributed by atoms with Gasteiger partial charge in [-0.15, -0.1) is 5.10 Å². The van der Waals surface area contributed by atoms with Crippen molar-refractivity contribution in [2.75, 3.05) is 0 Å². The van der Waals surface area contributed by atoms with Crippen LogP contribution in [0.15, 0.2) is 77.6 Å². The van der Waals surface area contributed by atoms with Crippen molar-refractivity contribution in [2.24, 2.45) is 0 Å². The normalized spacial score (nSPS) is 11.8. The van der Waals surface area contributed by atoms with Crippen LogP contribution >= 0.6 is 23.2 Å². The fraction of sp³-hybridized carbons (Fsp3) is 0.115. The highest BCUT2D eigenvalue weighted by molar-refractivity contribution is 6.31. The Hall–Kier alpha value is -3.62. The highest BCUT2D eigenvalue weighted by Gasteiger charge is 2.30. The summed E-state index contributed by atoms with van der Waals surface area (Å²) in [4.78, 5) is 13.2. The molecule has 2 aromatic heterocycles. The average molecular weight is 529 g/mol. The Balaban J connectivity index is 1.70. The minimum atomic E-state index is -4.44. The molecule has 0 bridgehead atoms. The Kier molecular flexibility index (Phi) is 6.10. The van der Waals surface area contributed by atoms with Gasteiger partial charge in [0.15, 0.2) is 5.65 Å². The SMILES string of the molecule is Cc1nn2c(=O)n(Cc3ccc(C(F)(F)F)cc3)nc2c(-c2ccc(Cl)cc2)c1-c1ccc(Cl)cc1. The van der Waals surface area contributed by atoms with Crippen molar-refractivity contribution in [3.05, 3.63) is 110 Å². The average Bonchev–Trinajstić information content (AvgIpc) is 3.14. The summed E-state index contributed by atoms with van der Waals surface area (Å²) < 4.78 is 41.2. The summed E-state index contributed by atoms with van der Waals surface area (Å²) in [5.74, 6) is 0. The van der Waals surface area contributed by atoms with E-state index in [1.54, 1.807) is 31.2 Å². The van der Waals surface area contributed by atoms with Crippen LogP contribution in [0.4, 0.5) is 13.2 Å². The van der Waals surface area contributed by atoms with Crippen molar-refractivity contribution in [2.45, 2.75) is 19.6 Å². The number of aromatic nitrogens is 4. The summed E-state index contributed by atoms with van der Waals surface area (Å²) in [6.07, 6.45) is -4.44. The molecule has 182 valence electrons. The van der Waals surface area contributed by atoms with E-state index < -0.39 is 17.4 Å². The summed E-state index contributed by atoms with van der Waals surface area (Å²) in [5, 5.41) is 10.2. The Morgan fingerprint density at radius 3 is 1.83 bits per heavy atom. The maximum atomic E-state index is 13.2. The largest absolute Gasteiger partial charge is 0.416 e. The number of aryl methyl sites for hydroxylation is 1. The van der Waals surface area contributed by atoms with Crippen LogP contribution in [0.3, 0.4) is 0 Å². The first kappa shape index (κ1) is 24.1. The number of halogens is 5. The second-order valence-electron chi connectivity index (χ2n) is 8.22. The molecule has 0 unspecified atom stereocenters. The zero-order valence-electron chi connectivity index (χ0n) is 18.7. The molecule has 0 aliphatic carbocycles. The molecular weight excluding hydrogens is 512 g/mol. The second-order valence-corrected chi connectivity index (χ2v) is 9.09. The first-order chi connectivity index (χ1) is 17.1. The van der Waals surface area contributed by atoms with Gasteiger partial charge in [-0.3, -0.25) is 0 Å². The fourth-order valence-corrected chi connectivity index (χ4v) is 4.32. The third-order valence-electron chi connectivity index (χ3n) is 5.78. The molecule has 0 amide bonds. The minimum absolute atomic E-state index is 0.0181. The molecule has 3 aromatic carbocycles. The molecule has 5 aromatic rings. The van der Waals surface area contributed by atoms with E-state index >= 15 is 0 Å². The number of alkyl halides is 3. The zero-order chi connectivity index (χ0) is 25.6. The van der Waals surface area contributed by atoms with Crippen molar-refractivity contribution < 1.29 is 13.2 Å². The molecule has 2 heterocycles. The number of benzene rings is 3. The molecule has 10 heteroatoms. The maximum absolute atomic E-state index is 13.2. The molecule has 36 heavy (non-hydrogen) atoms. The lowest BCUT2D eigenvalue weighted by Crippen LogP contribution is -2.23. The van der Waals surface area contributed by atoms with Gasteiger partial charge in [0.2, 0.25) is 0 Å². The summed E-state index contributed by atoms with van der Waals surface area (Å²) in [6, 6.07) is 19.0. The lowest BCUT2D eigenvalue weighted by molar-refractivity contribution is -0.137. The van der Waals surface area contributed by atoms with Crippen molar-refractivity contribution in [1.29, 1.82) is 0 Å². The van der Waals surface area contributed by atoms with E-state index in [1.165, 1.54) is 21.3 Å². The van der Waals surface area contributed by atoms with Gasteiger partial charge >= 0.3 is 11.9 Å². The van der Waals surface area contributed by atoms with E-state index in [2.05, 4.69) is 10.2 Å². The van der Waals surface area contributed by atoms with Gasteiger partial charge in [0, 0.05) is 21.2 Å². The van der Waals surface area contributed by atoms with Gasteiger partial charge in [-0.25, -0.2) is 9.48 Å². The molecule has 5 rings (SSSR count). The smallest absolute Gasteiger partial charge is 0.244 e. The Morgan fingerprint density at radius 2 is 1.31 bits per heavy atom. The number of fused-ring (bicyclic) bond motifs is 1. The molecule has 0 aliphatic rings. The van der Waals surface area contributed by atoms with E-state index in [9.17, 15) is 18.0 Å². The number of nitrogens with zero attached hydrogens (tertiary/aromatic N) is 4. The topological polar surface area (TPSA) is 52.2 Å². The van der Waals surface area contributed by atoms with Crippen LogP contribution in [-0.4, -0.2) is 19.4 Å². The monoisotopic (exact) mass is 528 g/mol. The molecule has 0 N–H and O–H groups in total. The summed E-state index contributed by atoms with van der Waals surface area (Å²) in [7, 11) is 0. The van der Waals surface area contributed by atoms with E-state index in [0.717, 1.165) is 28.8 Å². The van der Waals surface area contributed by atoms with E-state index in [-0.39, 0.29) is 6.54 Å². The molecule has 0 saturated heterocycles. The summed E-state index contributed by atoms with van der Waals surface area (Å²) >= 11 is 12.2. The minimum Gasteiger partial charge on any atom is -0.244 e. The predicted octanol–water partition coefficient (Wildman–Crippen LogP) is 6.91. The molecule has 0 atom stereocenters. The standard InChI is InChI=1S/C26H17Cl2F3N4O/c1-15-22(17-4-10-20(27)11-5-17)23(18-6-12-21(28)13-7-18)24-33-34(25(36)35(24)32-15)14-16-2-8-19(9-3-16)26(29,30)31/h2-13H,14H2,1H3. The highest BCUT2D eigenvalue weighted by Crippen LogP contribution is 2.37. The molecule has 0 aliphatic heterocycles. The molecule has 0 spiro atoms. The number of hydrogen-bond acceptors (Lipinski definition) is 3. The van der Waals surface area contributed by atoms with Crippen LogP contribution in [0, 0.1) is 6.92 Å². The van der Waals surface area contributed by atoms with Crippen LogP contribution in [0.5, 0.6) is 0 Å². The third-order valence-corrected chi connectivity index (χ3v) is 6.29. The second kappa shape index (κ2) is 9.11. The van der Waals surface area contributed by atoms with Gasteiger partial charge in [-0.05, 0) is 60.0 Å². The molecule has 0 fully saturated rings. The van der Waals surface area contributed by atoms with Crippen molar-refractivity contribution >= 4 is 28.8 Å². The lowest BCUT2D eigenvalue weighted by Gasteiger charge is -2.14. The predicted molar refractivity (Wildman–Crippen MR) is 133 cm³/mol. The van der Waals surface area contributed by atoms with E-state index in [1.807, 2.05) is 24.3 Å². The van der Waals surface area contributed by atoms with Crippen LogP contribution < -0.4 is 5.69 Å². The van der Waals surface area contributed by atoms with Gasteiger partial charge < -0.3 is 0 Å². The van der Waals surface area contributed by atoms with Crippen LogP contribution in [0.25, 0.3) is 27.9 Å². The van der Waals surface area contributed by atoms with Crippen LogP contribution in [0.1, 0.15) is 16.8 Å². The first-order valence-corrected chi connectivity index (χ1v) is 11.6. The highest BCUT2D eigenvalue weighted by atomic mass is 35.5. The van der Waals surface area contributed by atoms with Gasteiger partial charge in [0.1, 0.15) is 0 Å². The van der Waals surface area contributed by atoms with Gasteiger partial charge in [-0.2, -0.15) is 22.8 Å². The van der Waals surface area contributed by atoms with Crippen LogP contribution in [0.2, 0.25) is 10.0 Å². The van der Waals surface area contributed by atoms with Gasteiger partial charge in [-0.1, -0.05) is 59.6 Å².